The molecular formula is C18H19NO5S. The molecule has 2 aromatic rings. The summed E-state index contributed by atoms with van der Waals surface area (Å²) in [6, 6.07) is 10.3. The van der Waals surface area contributed by atoms with E-state index >= 15 is 0 Å². The standard InChI is InChI=1S/C18H19NO5S/c1-12-7-13-3-4-14(22-2)8-16(13)19(10-12)25(20,21)15-5-6-17-18(9-15)24-11-23-17/h3-6,8-9,12H,7,10-11H2,1-2H3. The lowest BCUT2D eigenvalue weighted by Gasteiger charge is -2.34. The van der Waals surface area contributed by atoms with Crippen molar-refractivity contribution < 1.29 is 22.6 Å². The highest BCUT2D eigenvalue weighted by atomic mass is 32.2. The number of hydrogen-bond donors (Lipinski definition) is 0. The van der Waals surface area contributed by atoms with Crippen molar-refractivity contribution in [3.63, 3.8) is 0 Å². The average molecular weight is 361 g/mol. The quantitative estimate of drug-likeness (QED) is 0.841. The molecule has 7 heteroatoms. The van der Waals surface area contributed by atoms with Crippen LogP contribution in [0.1, 0.15) is 12.5 Å². The second-order valence-electron chi connectivity index (χ2n) is 6.36. The Morgan fingerprint density at radius 2 is 1.92 bits per heavy atom. The first kappa shape index (κ1) is 16.1. The van der Waals surface area contributed by atoms with Crippen LogP contribution in [0.3, 0.4) is 0 Å². The summed E-state index contributed by atoms with van der Waals surface area (Å²) in [6.45, 7) is 2.59. The van der Waals surface area contributed by atoms with E-state index in [4.69, 9.17) is 14.2 Å². The molecule has 2 aromatic carbocycles. The largest absolute Gasteiger partial charge is 0.497 e. The van der Waals surface area contributed by atoms with Crippen LogP contribution in [0.4, 0.5) is 5.69 Å². The molecule has 1 atom stereocenters. The predicted molar refractivity (Wildman–Crippen MR) is 93.0 cm³/mol. The highest BCUT2D eigenvalue weighted by Crippen LogP contribution is 2.39. The molecule has 0 saturated heterocycles. The van der Waals surface area contributed by atoms with Gasteiger partial charge in [-0.25, -0.2) is 8.42 Å². The lowest BCUT2D eigenvalue weighted by molar-refractivity contribution is 0.174. The molecule has 0 fully saturated rings. The van der Waals surface area contributed by atoms with Crippen LogP contribution < -0.4 is 18.5 Å². The Bertz CT molecular complexity index is 925. The van der Waals surface area contributed by atoms with E-state index in [1.807, 2.05) is 12.1 Å². The van der Waals surface area contributed by atoms with Gasteiger partial charge in [0.05, 0.1) is 17.7 Å². The van der Waals surface area contributed by atoms with E-state index in [9.17, 15) is 8.42 Å². The zero-order chi connectivity index (χ0) is 17.6. The minimum absolute atomic E-state index is 0.111. The number of hydrogen-bond acceptors (Lipinski definition) is 5. The summed E-state index contributed by atoms with van der Waals surface area (Å²) >= 11 is 0. The number of anilines is 1. The molecule has 0 spiro atoms. The number of rotatable bonds is 3. The molecule has 25 heavy (non-hydrogen) atoms. The molecule has 4 rings (SSSR count). The third-order valence-electron chi connectivity index (χ3n) is 4.54. The lowest BCUT2D eigenvalue weighted by Crippen LogP contribution is -2.39. The van der Waals surface area contributed by atoms with Gasteiger partial charge in [-0.15, -0.1) is 0 Å². The zero-order valence-corrected chi connectivity index (χ0v) is 14.9. The van der Waals surface area contributed by atoms with Gasteiger partial charge in [-0.05, 0) is 36.1 Å². The monoisotopic (exact) mass is 361 g/mol. The van der Waals surface area contributed by atoms with Gasteiger partial charge in [0.25, 0.3) is 10.0 Å². The number of benzene rings is 2. The smallest absolute Gasteiger partial charge is 0.264 e. The van der Waals surface area contributed by atoms with E-state index in [-0.39, 0.29) is 17.6 Å². The molecule has 132 valence electrons. The highest BCUT2D eigenvalue weighted by molar-refractivity contribution is 7.92. The number of nitrogens with zero attached hydrogens (tertiary/aromatic N) is 1. The van der Waals surface area contributed by atoms with Gasteiger partial charge in [-0.2, -0.15) is 0 Å². The SMILES string of the molecule is COc1ccc2c(c1)N(S(=O)(=O)c1ccc3c(c1)OCO3)CC(C)C2. The van der Waals surface area contributed by atoms with Crippen molar-refractivity contribution in [3.05, 3.63) is 42.0 Å². The molecule has 6 nitrogen and oxygen atoms in total. The molecule has 2 aliphatic heterocycles. The Labute approximate surface area is 147 Å². The van der Waals surface area contributed by atoms with Crippen LogP contribution >= 0.6 is 0 Å². The van der Waals surface area contributed by atoms with Crippen molar-refractivity contribution in [1.82, 2.24) is 0 Å². The fourth-order valence-corrected chi connectivity index (χ4v) is 4.92. The number of sulfonamides is 1. The topological polar surface area (TPSA) is 65.1 Å². The predicted octanol–water partition coefficient (Wildman–Crippen LogP) is 2.81. The summed E-state index contributed by atoms with van der Waals surface area (Å²) in [7, 11) is -2.14. The minimum atomic E-state index is -3.71. The minimum Gasteiger partial charge on any atom is -0.497 e. The fraction of sp³-hybridized carbons (Fsp3) is 0.333. The van der Waals surface area contributed by atoms with Crippen molar-refractivity contribution in [2.45, 2.75) is 18.2 Å². The van der Waals surface area contributed by atoms with Crippen molar-refractivity contribution in [2.24, 2.45) is 5.92 Å². The van der Waals surface area contributed by atoms with Crippen LogP contribution in [0.5, 0.6) is 17.2 Å². The Kier molecular flexibility index (Phi) is 3.76. The second kappa shape index (κ2) is 5.84. The van der Waals surface area contributed by atoms with E-state index in [1.54, 1.807) is 25.3 Å². The maximum Gasteiger partial charge on any atom is 0.264 e. The zero-order valence-electron chi connectivity index (χ0n) is 14.1. The maximum atomic E-state index is 13.3. The highest BCUT2D eigenvalue weighted by Gasteiger charge is 2.33. The molecule has 0 radical (unpaired) electrons. The van der Waals surface area contributed by atoms with E-state index in [1.165, 1.54) is 10.4 Å². The molecule has 0 saturated carbocycles. The van der Waals surface area contributed by atoms with E-state index in [0.29, 0.717) is 29.5 Å². The van der Waals surface area contributed by atoms with Crippen molar-refractivity contribution >= 4 is 15.7 Å². The molecule has 1 unspecified atom stereocenters. The van der Waals surface area contributed by atoms with Gasteiger partial charge in [0.2, 0.25) is 6.79 Å². The van der Waals surface area contributed by atoms with Crippen LogP contribution in [-0.4, -0.2) is 28.9 Å². The molecule has 0 amide bonds. The molecule has 0 N–H and O–H groups in total. The van der Waals surface area contributed by atoms with Crippen LogP contribution in [-0.2, 0) is 16.4 Å². The first-order valence-electron chi connectivity index (χ1n) is 8.08. The molecule has 2 heterocycles. The fourth-order valence-electron chi connectivity index (χ4n) is 3.29. The number of fused-ring (bicyclic) bond motifs is 2. The Morgan fingerprint density at radius 1 is 1.12 bits per heavy atom. The summed E-state index contributed by atoms with van der Waals surface area (Å²) in [5.74, 6) is 1.88. The van der Waals surface area contributed by atoms with Crippen LogP contribution in [0.15, 0.2) is 41.3 Å². The van der Waals surface area contributed by atoms with Crippen LogP contribution in [0, 0.1) is 5.92 Å². The van der Waals surface area contributed by atoms with Gasteiger partial charge in [-0.1, -0.05) is 13.0 Å². The summed E-state index contributed by atoms with van der Waals surface area (Å²) in [4.78, 5) is 0.194. The Hall–Kier alpha value is -2.41. The van der Waals surface area contributed by atoms with Gasteiger partial charge in [-0.3, -0.25) is 4.31 Å². The molecule has 2 aliphatic rings. The molecule has 0 bridgehead atoms. The van der Waals surface area contributed by atoms with Crippen molar-refractivity contribution in [2.75, 3.05) is 24.8 Å². The normalized spacial score (nSPS) is 18.8. The van der Waals surface area contributed by atoms with Gasteiger partial charge in [0.1, 0.15) is 5.75 Å². The van der Waals surface area contributed by atoms with Crippen LogP contribution in [0.2, 0.25) is 0 Å². The van der Waals surface area contributed by atoms with E-state index in [0.717, 1.165) is 12.0 Å². The summed E-state index contributed by atoms with van der Waals surface area (Å²) in [5, 5.41) is 0. The van der Waals surface area contributed by atoms with Gasteiger partial charge in [0, 0.05) is 18.7 Å². The summed E-state index contributed by atoms with van der Waals surface area (Å²) < 4.78 is 43.9. The third-order valence-corrected chi connectivity index (χ3v) is 6.31. The van der Waals surface area contributed by atoms with Crippen LogP contribution in [0.25, 0.3) is 0 Å². The number of methoxy groups -OCH3 is 1. The van der Waals surface area contributed by atoms with Gasteiger partial charge < -0.3 is 14.2 Å². The Balaban J connectivity index is 1.80. The first-order valence-corrected chi connectivity index (χ1v) is 9.52. The van der Waals surface area contributed by atoms with Crippen molar-refractivity contribution in [1.29, 1.82) is 0 Å². The van der Waals surface area contributed by atoms with Gasteiger partial charge in [0.15, 0.2) is 11.5 Å². The van der Waals surface area contributed by atoms with E-state index in [2.05, 4.69) is 6.92 Å². The first-order chi connectivity index (χ1) is 12.0. The summed E-state index contributed by atoms with van der Waals surface area (Å²) in [5.41, 5.74) is 1.68. The third kappa shape index (κ3) is 2.68. The Morgan fingerprint density at radius 3 is 2.72 bits per heavy atom. The second-order valence-corrected chi connectivity index (χ2v) is 8.22. The molecule has 0 aromatic heterocycles. The van der Waals surface area contributed by atoms with E-state index < -0.39 is 10.0 Å². The number of ether oxygens (including phenoxy) is 3. The summed E-state index contributed by atoms with van der Waals surface area (Å²) in [6.07, 6.45) is 0.840. The van der Waals surface area contributed by atoms with Crippen molar-refractivity contribution in [3.8, 4) is 17.2 Å². The molecule has 0 aliphatic carbocycles. The van der Waals surface area contributed by atoms with Gasteiger partial charge >= 0.3 is 0 Å². The molecular weight excluding hydrogens is 342 g/mol. The lowest BCUT2D eigenvalue weighted by atomic mass is 9.95. The average Bonchev–Trinajstić information content (AvgIpc) is 3.08. The maximum absolute atomic E-state index is 13.3.